The summed E-state index contributed by atoms with van der Waals surface area (Å²) in [6.45, 7) is 0.713. The molecule has 0 spiro atoms. The van der Waals surface area contributed by atoms with Crippen molar-refractivity contribution in [3.05, 3.63) is 53.7 Å². The highest BCUT2D eigenvalue weighted by Crippen LogP contribution is 2.32. The number of nitrogens with zero attached hydrogens (tertiary/aromatic N) is 2. The zero-order valence-corrected chi connectivity index (χ0v) is 12.4. The van der Waals surface area contributed by atoms with Gasteiger partial charge >= 0.3 is 5.97 Å². The summed E-state index contributed by atoms with van der Waals surface area (Å²) >= 11 is 0. The molecule has 0 saturated heterocycles. The van der Waals surface area contributed by atoms with Crippen molar-refractivity contribution in [1.82, 2.24) is 4.98 Å². The van der Waals surface area contributed by atoms with E-state index in [-0.39, 0.29) is 5.69 Å². The summed E-state index contributed by atoms with van der Waals surface area (Å²) in [5.74, 6) is 0.549. The molecule has 1 fully saturated rings. The lowest BCUT2D eigenvalue weighted by molar-refractivity contribution is 0.0690. The minimum Gasteiger partial charge on any atom is -0.497 e. The molecule has 0 unspecified atom stereocenters. The van der Waals surface area contributed by atoms with Gasteiger partial charge in [0.2, 0.25) is 0 Å². The maximum Gasteiger partial charge on any atom is 0.354 e. The van der Waals surface area contributed by atoms with E-state index in [0.717, 1.165) is 30.0 Å². The Morgan fingerprint density at radius 1 is 1.27 bits per heavy atom. The smallest absolute Gasteiger partial charge is 0.354 e. The highest BCUT2D eigenvalue weighted by Gasteiger charge is 2.30. The van der Waals surface area contributed by atoms with Gasteiger partial charge in [-0.25, -0.2) is 9.78 Å². The topological polar surface area (TPSA) is 62.7 Å². The van der Waals surface area contributed by atoms with Gasteiger partial charge in [-0.2, -0.15) is 0 Å². The number of aromatic nitrogens is 1. The van der Waals surface area contributed by atoms with Gasteiger partial charge < -0.3 is 14.7 Å². The van der Waals surface area contributed by atoms with E-state index in [9.17, 15) is 4.79 Å². The molecule has 0 atom stereocenters. The van der Waals surface area contributed by atoms with Crippen molar-refractivity contribution in [2.75, 3.05) is 12.0 Å². The van der Waals surface area contributed by atoms with Crippen molar-refractivity contribution in [3.8, 4) is 5.75 Å². The number of benzene rings is 1. The molecule has 0 radical (unpaired) electrons. The molecule has 1 aromatic carbocycles. The number of ether oxygens (including phenoxy) is 1. The van der Waals surface area contributed by atoms with E-state index in [2.05, 4.69) is 9.88 Å². The number of carboxylic acids is 1. The Bertz CT molecular complexity index is 666. The number of anilines is 1. The van der Waals surface area contributed by atoms with Gasteiger partial charge in [0.25, 0.3) is 0 Å². The second-order valence-corrected chi connectivity index (χ2v) is 5.39. The number of methoxy groups -OCH3 is 1. The average Bonchev–Trinajstić information content (AvgIpc) is 3.38. The third-order valence-corrected chi connectivity index (χ3v) is 3.75. The van der Waals surface area contributed by atoms with Gasteiger partial charge in [0.1, 0.15) is 11.6 Å². The molecule has 5 nitrogen and oxygen atoms in total. The first kappa shape index (κ1) is 14.4. The van der Waals surface area contributed by atoms with Crippen molar-refractivity contribution >= 4 is 11.8 Å². The predicted molar refractivity (Wildman–Crippen MR) is 83.4 cm³/mol. The Balaban J connectivity index is 1.83. The number of carbonyl (C=O) groups is 1. The van der Waals surface area contributed by atoms with Gasteiger partial charge in [-0.1, -0.05) is 18.2 Å². The van der Waals surface area contributed by atoms with E-state index in [4.69, 9.17) is 9.84 Å². The highest BCUT2D eigenvalue weighted by atomic mass is 16.5. The fourth-order valence-corrected chi connectivity index (χ4v) is 2.41. The van der Waals surface area contributed by atoms with Crippen molar-refractivity contribution in [2.45, 2.75) is 25.4 Å². The molecule has 1 aliphatic rings. The van der Waals surface area contributed by atoms with E-state index in [0.29, 0.717) is 12.6 Å². The number of hydrogen-bond acceptors (Lipinski definition) is 4. The monoisotopic (exact) mass is 298 g/mol. The fourth-order valence-electron chi connectivity index (χ4n) is 2.41. The normalized spacial score (nSPS) is 13.7. The second kappa shape index (κ2) is 6.05. The summed E-state index contributed by atoms with van der Waals surface area (Å²) in [6.07, 6.45) is 2.24. The number of hydrogen-bond donors (Lipinski definition) is 1. The Hall–Kier alpha value is -2.56. The third kappa shape index (κ3) is 3.19. The van der Waals surface area contributed by atoms with Crippen LogP contribution < -0.4 is 9.64 Å². The van der Waals surface area contributed by atoms with Gasteiger partial charge in [-0.05, 0) is 42.7 Å². The summed E-state index contributed by atoms with van der Waals surface area (Å²) in [6, 6.07) is 13.5. The first-order valence-electron chi connectivity index (χ1n) is 7.27. The number of aromatic carboxylic acids is 1. The lowest BCUT2D eigenvalue weighted by Crippen LogP contribution is -2.26. The van der Waals surface area contributed by atoms with Crippen molar-refractivity contribution < 1.29 is 14.6 Å². The van der Waals surface area contributed by atoms with Crippen LogP contribution in [0.3, 0.4) is 0 Å². The maximum absolute atomic E-state index is 11.1. The van der Waals surface area contributed by atoms with E-state index in [1.807, 2.05) is 30.3 Å². The standard InChI is InChI=1S/C17H18N2O3/c1-22-14-9-5-12(6-10-14)11-19(13-7-8-13)16-4-2-3-15(18-16)17(20)21/h2-6,9-10,13H,7-8,11H2,1H3,(H,20,21). The van der Waals surface area contributed by atoms with E-state index >= 15 is 0 Å². The van der Waals surface area contributed by atoms with Crippen LogP contribution in [-0.2, 0) is 6.54 Å². The van der Waals surface area contributed by atoms with Crippen molar-refractivity contribution in [1.29, 1.82) is 0 Å². The molecule has 114 valence electrons. The minimum atomic E-state index is -0.998. The first-order valence-corrected chi connectivity index (χ1v) is 7.27. The van der Waals surface area contributed by atoms with Crippen LogP contribution in [0, 0.1) is 0 Å². The van der Waals surface area contributed by atoms with Crippen molar-refractivity contribution in [2.24, 2.45) is 0 Å². The summed E-state index contributed by atoms with van der Waals surface area (Å²) in [5, 5.41) is 9.10. The molecule has 0 aliphatic heterocycles. The SMILES string of the molecule is COc1ccc(CN(c2cccc(C(=O)O)n2)C2CC2)cc1. The van der Waals surface area contributed by atoms with E-state index in [1.165, 1.54) is 6.07 Å². The van der Waals surface area contributed by atoms with Crippen LogP contribution in [0.15, 0.2) is 42.5 Å². The zero-order valence-electron chi connectivity index (χ0n) is 12.4. The second-order valence-electron chi connectivity index (χ2n) is 5.39. The molecule has 0 bridgehead atoms. The number of rotatable bonds is 6. The molecule has 1 aliphatic carbocycles. The zero-order chi connectivity index (χ0) is 15.5. The van der Waals surface area contributed by atoms with E-state index in [1.54, 1.807) is 13.2 Å². The number of pyridine rings is 1. The van der Waals surface area contributed by atoms with Crippen LogP contribution in [-0.4, -0.2) is 29.2 Å². The molecule has 1 aromatic heterocycles. The van der Waals surface area contributed by atoms with Gasteiger partial charge in [-0.15, -0.1) is 0 Å². The van der Waals surface area contributed by atoms with Crippen LogP contribution in [0.2, 0.25) is 0 Å². The lowest BCUT2D eigenvalue weighted by Gasteiger charge is -2.24. The maximum atomic E-state index is 11.1. The predicted octanol–water partition coefficient (Wildman–Crippen LogP) is 2.96. The summed E-state index contributed by atoms with van der Waals surface area (Å²) in [5.41, 5.74) is 1.23. The molecular weight excluding hydrogens is 280 g/mol. The Labute approximate surface area is 129 Å². The van der Waals surface area contributed by atoms with Crippen LogP contribution in [0.1, 0.15) is 28.9 Å². The highest BCUT2D eigenvalue weighted by molar-refractivity contribution is 5.85. The molecule has 3 rings (SSSR count). The molecule has 1 saturated carbocycles. The average molecular weight is 298 g/mol. The minimum absolute atomic E-state index is 0.0814. The third-order valence-electron chi connectivity index (χ3n) is 3.75. The largest absolute Gasteiger partial charge is 0.497 e. The van der Waals surface area contributed by atoms with Gasteiger partial charge in [0, 0.05) is 12.6 Å². The van der Waals surface area contributed by atoms with Crippen LogP contribution >= 0.6 is 0 Å². The summed E-state index contributed by atoms with van der Waals surface area (Å²) in [4.78, 5) is 17.5. The lowest BCUT2D eigenvalue weighted by atomic mass is 10.2. The molecule has 5 heteroatoms. The van der Waals surface area contributed by atoms with Gasteiger partial charge in [0.05, 0.1) is 7.11 Å². The molecule has 2 aromatic rings. The Kier molecular flexibility index (Phi) is 3.96. The van der Waals surface area contributed by atoms with E-state index < -0.39 is 5.97 Å². The molecule has 22 heavy (non-hydrogen) atoms. The Morgan fingerprint density at radius 3 is 2.59 bits per heavy atom. The fraction of sp³-hybridized carbons (Fsp3) is 0.294. The van der Waals surface area contributed by atoms with Crippen molar-refractivity contribution in [3.63, 3.8) is 0 Å². The van der Waals surface area contributed by atoms with Crippen LogP contribution in [0.5, 0.6) is 5.75 Å². The summed E-state index contributed by atoms with van der Waals surface area (Å²) in [7, 11) is 1.65. The van der Waals surface area contributed by atoms with Crippen LogP contribution in [0.25, 0.3) is 0 Å². The molecular formula is C17H18N2O3. The van der Waals surface area contributed by atoms with Gasteiger partial charge in [0.15, 0.2) is 5.69 Å². The molecule has 1 heterocycles. The quantitative estimate of drug-likeness (QED) is 0.888. The molecule has 1 N–H and O–H groups in total. The number of carboxylic acid groups (broad SMARTS) is 1. The van der Waals surface area contributed by atoms with Gasteiger partial charge in [-0.3, -0.25) is 0 Å². The first-order chi connectivity index (χ1) is 10.7. The summed E-state index contributed by atoms with van der Waals surface area (Å²) < 4.78 is 5.17. The molecule has 0 amide bonds. The Morgan fingerprint density at radius 2 is 2.00 bits per heavy atom. The van der Waals surface area contributed by atoms with Crippen LogP contribution in [0.4, 0.5) is 5.82 Å².